The molecule has 1 aliphatic carbocycles. The molecule has 1 aromatic heterocycles. The first kappa shape index (κ1) is 23.3. The van der Waals surface area contributed by atoms with Crippen molar-refractivity contribution in [1.82, 2.24) is 9.88 Å². The molecule has 3 heterocycles. The molecule has 3 aliphatic rings. The van der Waals surface area contributed by atoms with Gasteiger partial charge in [-0.2, -0.15) is 5.26 Å². The zero-order chi connectivity index (χ0) is 25.5. The molecule has 2 saturated heterocycles. The minimum atomic E-state index is -0.812. The van der Waals surface area contributed by atoms with E-state index < -0.39 is 17.8 Å². The number of Topliss-reactive ketones (excluding diaryl/α,β-unsaturated/α-hetero) is 1. The van der Waals surface area contributed by atoms with Gasteiger partial charge >= 0.3 is 6.09 Å². The van der Waals surface area contributed by atoms with E-state index in [-0.39, 0.29) is 41.6 Å². The summed E-state index contributed by atoms with van der Waals surface area (Å²) < 4.78 is 25.6. The second-order valence-corrected chi connectivity index (χ2v) is 9.76. The summed E-state index contributed by atoms with van der Waals surface area (Å²) in [6, 6.07) is 18.5. The van der Waals surface area contributed by atoms with Crippen molar-refractivity contribution in [1.29, 1.82) is 5.26 Å². The normalized spacial score (nSPS) is 22.1. The highest BCUT2D eigenvalue weighted by molar-refractivity contribution is 5.98. The molecule has 186 valence electrons. The minimum Gasteiger partial charge on any atom is -0.448 e. The molecule has 3 aromatic rings. The number of ketones is 1. The first-order chi connectivity index (χ1) is 18.0. The molecule has 8 heteroatoms. The number of aromatic nitrogens is 1. The largest absolute Gasteiger partial charge is 0.448 e. The van der Waals surface area contributed by atoms with Gasteiger partial charge in [-0.3, -0.25) is 9.69 Å². The van der Waals surface area contributed by atoms with E-state index in [1.165, 1.54) is 6.20 Å². The summed E-state index contributed by atoms with van der Waals surface area (Å²) in [6.07, 6.45) is 1.62. The van der Waals surface area contributed by atoms with Crippen LogP contribution in [0.15, 0.2) is 60.8 Å². The van der Waals surface area contributed by atoms with Crippen molar-refractivity contribution < 1.29 is 23.5 Å². The van der Waals surface area contributed by atoms with Gasteiger partial charge in [0.25, 0.3) is 0 Å². The molecule has 2 bridgehead atoms. The zero-order valence-corrected chi connectivity index (χ0v) is 20.0. The van der Waals surface area contributed by atoms with Gasteiger partial charge < -0.3 is 9.47 Å². The molecule has 2 aromatic carbocycles. The van der Waals surface area contributed by atoms with Gasteiger partial charge in [-0.05, 0) is 41.2 Å². The predicted octanol–water partition coefficient (Wildman–Crippen LogP) is 4.70. The average molecular weight is 498 g/mol. The number of hydrogen-bond acceptors (Lipinski definition) is 6. The highest BCUT2D eigenvalue weighted by Gasteiger charge is 2.45. The van der Waals surface area contributed by atoms with Crippen LogP contribution in [-0.2, 0) is 9.47 Å². The molecule has 0 radical (unpaired) electrons. The Balaban J connectivity index is 1.16. The van der Waals surface area contributed by atoms with E-state index in [1.807, 2.05) is 24.3 Å². The second-order valence-electron chi connectivity index (χ2n) is 9.76. The highest BCUT2D eigenvalue weighted by Crippen LogP contribution is 2.44. The van der Waals surface area contributed by atoms with Crippen LogP contribution in [0.2, 0.25) is 0 Å². The number of amides is 1. The van der Waals surface area contributed by atoms with Crippen LogP contribution in [0.5, 0.6) is 0 Å². The van der Waals surface area contributed by atoms with Crippen LogP contribution in [0.1, 0.15) is 45.9 Å². The number of ether oxygens (including phenoxy) is 2. The maximum Gasteiger partial charge on any atom is 0.410 e. The van der Waals surface area contributed by atoms with Gasteiger partial charge in [-0.1, -0.05) is 48.5 Å². The van der Waals surface area contributed by atoms with E-state index in [0.29, 0.717) is 26.1 Å². The zero-order valence-electron chi connectivity index (χ0n) is 20.0. The number of halogens is 1. The van der Waals surface area contributed by atoms with Gasteiger partial charge in [0.2, 0.25) is 0 Å². The molecule has 0 spiro atoms. The first-order valence-corrected chi connectivity index (χ1v) is 12.4. The highest BCUT2D eigenvalue weighted by atomic mass is 19.1. The van der Waals surface area contributed by atoms with Crippen LogP contribution in [0, 0.1) is 23.1 Å². The summed E-state index contributed by atoms with van der Waals surface area (Å²) in [6.45, 7) is 0.844. The molecule has 2 aliphatic heterocycles. The van der Waals surface area contributed by atoms with Gasteiger partial charge in [0, 0.05) is 23.6 Å². The number of morpholine rings is 1. The number of fused-ring (bicyclic) bond motifs is 5. The van der Waals surface area contributed by atoms with Gasteiger partial charge in [0.05, 0.1) is 25.3 Å². The number of nitrogens with zero attached hydrogens (tertiary/aromatic N) is 3. The molecule has 0 saturated carbocycles. The fourth-order valence-corrected chi connectivity index (χ4v) is 5.99. The van der Waals surface area contributed by atoms with Crippen molar-refractivity contribution in [3.8, 4) is 17.2 Å². The number of carbonyl (C=O) groups is 2. The van der Waals surface area contributed by atoms with E-state index >= 15 is 0 Å². The maximum absolute atomic E-state index is 14.0. The van der Waals surface area contributed by atoms with E-state index in [4.69, 9.17) is 14.7 Å². The third-order valence-corrected chi connectivity index (χ3v) is 7.67. The number of hydrogen-bond donors (Lipinski definition) is 0. The molecular weight excluding hydrogens is 473 g/mol. The van der Waals surface area contributed by atoms with Crippen molar-refractivity contribution >= 4 is 11.9 Å². The van der Waals surface area contributed by atoms with Crippen molar-refractivity contribution in [3.63, 3.8) is 0 Å². The fraction of sp³-hybridized carbons (Fsp3) is 0.310. The first-order valence-electron chi connectivity index (χ1n) is 12.4. The van der Waals surface area contributed by atoms with E-state index in [2.05, 4.69) is 29.2 Å². The summed E-state index contributed by atoms with van der Waals surface area (Å²) in [5.41, 5.74) is 4.41. The van der Waals surface area contributed by atoms with Crippen LogP contribution < -0.4 is 0 Å². The summed E-state index contributed by atoms with van der Waals surface area (Å²) >= 11 is 0. The lowest BCUT2D eigenvalue weighted by Crippen LogP contribution is -2.60. The lowest BCUT2D eigenvalue weighted by molar-refractivity contribution is -0.0747. The summed E-state index contributed by atoms with van der Waals surface area (Å²) in [7, 11) is 0. The Morgan fingerprint density at radius 3 is 2.27 bits per heavy atom. The molecule has 1 amide bonds. The summed E-state index contributed by atoms with van der Waals surface area (Å²) in [4.78, 5) is 31.9. The van der Waals surface area contributed by atoms with Gasteiger partial charge in [-0.25, -0.2) is 14.2 Å². The Kier molecular flexibility index (Phi) is 5.93. The number of nitriles is 1. The van der Waals surface area contributed by atoms with Gasteiger partial charge in [0.15, 0.2) is 17.3 Å². The van der Waals surface area contributed by atoms with Crippen LogP contribution in [0.25, 0.3) is 11.1 Å². The van der Waals surface area contributed by atoms with Crippen molar-refractivity contribution in [2.75, 3.05) is 19.8 Å². The average Bonchev–Trinajstić information content (AvgIpc) is 3.24. The monoisotopic (exact) mass is 497 g/mol. The van der Waals surface area contributed by atoms with Crippen molar-refractivity contribution in [2.24, 2.45) is 5.92 Å². The van der Waals surface area contributed by atoms with E-state index in [1.54, 1.807) is 11.0 Å². The number of carbonyl (C=O) groups excluding carboxylic acids is 2. The second kappa shape index (κ2) is 9.41. The summed E-state index contributed by atoms with van der Waals surface area (Å²) in [5, 5.41) is 8.90. The number of pyridine rings is 1. The lowest BCUT2D eigenvalue weighted by atomic mass is 9.81. The fourth-order valence-electron chi connectivity index (χ4n) is 5.99. The van der Waals surface area contributed by atoms with Crippen molar-refractivity contribution in [3.05, 3.63) is 89.0 Å². The van der Waals surface area contributed by atoms with Crippen LogP contribution >= 0.6 is 0 Å². The predicted molar refractivity (Wildman–Crippen MR) is 131 cm³/mol. The molecule has 0 N–H and O–H groups in total. The molecule has 7 nitrogen and oxygen atoms in total. The lowest BCUT2D eigenvalue weighted by Gasteiger charge is -2.47. The quantitative estimate of drug-likeness (QED) is 0.485. The van der Waals surface area contributed by atoms with Gasteiger partial charge in [0.1, 0.15) is 12.7 Å². The Morgan fingerprint density at radius 2 is 1.68 bits per heavy atom. The molecule has 37 heavy (non-hydrogen) atoms. The maximum atomic E-state index is 14.0. The SMILES string of the molecule is N#Cc1ncc(C(=O)C2CC3COCC(C2)N3C(=O)OCC2c3ccccc3-c3ccccc32)cc1F. The smallest absolute Gasteiger partial charge is 0.410 e. The topological polar surface area (TPSA) is 92.5 Å². The third kappa shape index (κ3) is 4.05. The Morgan fingerprint density at radius 1 is 1.05 bits per heavy atom. The molecule has 2 atom stereocenters. The summed E-state index contributed by atoms with van der Waals surface area (Å²) in [5.74, 6) is -1.48. The third-order valence-electron chi connectivity index (χ3n) is 7.67. The number of piperidine rings is 1. The molecule has 2 fully saturated rings. The van der Waals surface area contributed by atoms with Crippen LogP contribution in [0.3, 0.4) is 0 Å². The minimum absolute atomic E-state index is 0.0367. The Hall–Kier alpha value is -4.09. The Labute approximate surface area is 213 Å². The van der Waals surface area contributed by atoms with Crippen LogP contribution in [-0.4, -0.2) is 53.7 Å². The van der Waals surface area contributed by atoms with Crippen LogP contribution in [0.4, 0.5) is 9.18 Å². The number of rotatable bonds is 4. The van der Waals surface area contributed by atoms with Crippen molar-refractivity contribution in [2.45, 2.75) is 30.8 Å². The number of benzene rings is 2. The van der Waals surface area contributed by atoms with E-state index in [0.717, 1.165) is 28.3 Å². The Bertz CT molecular complexity index is 1380. The standard InChI is InChI=1S/C29H24FN3O4/c30-26-11-18(13-32-27(26)12-31)28(34)17-9-19-14-36-15-20(10-17)33(19)29(35)37-16-25-23-7-3-1-5-21(23)22-6-2-4-8-24(22)25/h1-8,11,13,17,19-20,25H,9-10,14-16H2. The van der Waals surface area contributed by atoms with E-state index in [9.17, 15) is 14.0 Å². The molecule has 2 unspecified atom stereocenters. The molecular formula is C29H24FN3O4. The van der Waals surface area contributed by atoms with Gasteiger partial charge in [-0.15, -0.1) is 0 Å². The molecule has 6 rings (SSSR count).